The van der Waals surface area contributed by atoms with Crippen molar-refractivity contribution in [1.82, 2.24) is 10.6 Å². The fourth-order valence-corrected chi connectivity index (χ4v) is 5.11. The standard InChI is InChI=1S/C36H68N2O2/c1-3-5-7-9-11-13-15-17-19-21-23-25-29-33-37-35(39)31-27-28-32-36(40)38-34-30-26-24-22-20-18-16-14-12-10-8-6-4-2/h27-28,31-32H,3-26,29-30,33-34H2,1-2H3,(H,37,39)(H,38,40)/b31-27+,32-28+. The molecule has 0 aliphatic carbocycles. The van der Waals surface area contributed by atoms with Crippen LogP contribution in [-0.4, -0.2) is 24.9 Å². The number of amides is 2. The van der Waals surface area contributed by atoms with Gasteiger partial charge in [-0.3, -0.25) is 9.59 Å². The van der Waals surface area contributed by atoms with Gasteiger partial charge in [0.05, 0.1) is 0 Å². The molecule has 0 aromatic carbocycles. The molecule has 0 bridgehead atoms. The Morgan fingerprint density at radius 1 is 0.375 bits per heavy atom. The van der Waals surface area contributed by atoms with E-state index in [1.54, 1.807) is 12.2 Å². The van der Waals surface area contributed by atoms with Crippen LogP contribution < -0.4 is 10.6 Å². The Hall–Kier alpha value is -1.58. The summed E-state index contributed by atoms with van der Waals surface area (Å²) >= 11 is 0. The minimum atomic E-state index is -0.0871. The lowest BCUT2D eigenvalue weighted by Crippen LogP contribution is -2.22. The first kappa shape index (κ1) is 38.4. The van der Waals surface area contributed by atoms with Gasteiger partial charge in [0.2, 0.25) is 11.8 Å². The molecule has 2 N–H and O–H groups in total. The number of carbonyl (C=O) groups is 2. The fourth-order valence-electron chi connectivity index (χ4n) is 5.11. The first-order valence-electron chi connectivity index (χ1n) is 17.6. The summed E-state index contributed by atoms with van der Waals surface area (Å²) in [5, 5.41) is 5.86. The van der Waals surface area contributed by atoms with Crippen LogP contribution in [0.4, 0.5) is 0 Å². The lowest BCUT2D eigenvalue weighted by molar-refractivity contribution is -0.117. The first-order valence-corrected chi connectivity index (χ1v) is 17.6. The highest BCUT2D eigenvalue weighted by Gasteiger charge is 1.98. The molecule has 2 amide bonds. The molecule has 0 atom stereocenters. The number of nitrogens with one attached hydrogen (secondary N) is 2. The third kappa shape index (κ3) is 32.6. The van der Waals surface area contributed by atoms with Crippen molar-refractivity contribution in [3.63, 3.8) is 0 Å². The van der Waals surface area contributed by atoms with Crippen LogP contribution in [0.1, 0.15) is 181 Å². The minimum Gasteiger partial charge on any atom is -0.353 e. The van der Waals surface area contributed by atoms with E-state index in [2.05, 4.69) is 24.5 Å². The molecule has 0 aliphatic rings. The normalized spacial score (nSPS) is 11.6. The lowest BCUT2D eigenvalue weighted by atomic mass is 10.0. The second kappa shape index (κ2) is 33.6. The second-order valence-corrected chi connectivity index (χ2v) is 11.8. The molecule has 0 rings (SSSR count). The predicted molar refractivity (Wildman–Crippen MR) is 176 cm³/mol. The van der Waals surface area contributed by atoms with Gasteiger partial charge in [0.25, 0.3) is 0 Å². The van der Waals surface area contributed by atoms with E-state index < -0.39 is 0 Å². The maximum absolute atomic E-state index is 11.9. The molecule has 0 aliphatic heterocycles. The van der Waals surface area contributed by atoms with E-state index in [1.165, 1.54) is 166 Å². The largest absolute Gasteiger partial charge is 0.353 e. The second-order valence-electron chi connectivity index (χ2n) is 11.8. The third-order valence-corrected chi connectivity index (χ3v) is 7.77. The molecule has 4 heteroatoms. The molecule has 0 saturated heterocycles. The number of allylic oxidation sites excluding steroid dienone is 2. The molecule has 0 aromatic heterocycles. The van der Waals surface area contributed by atoms with E-state index in [4.69, 9.17) is 0 Å². The molecule has 0 spiro atoms. The minimum absolute atomic E-state index is 0.0871. The number of hydrogen-bond acceptors (Lipinski definition) is 2. The van der Waals surface area contributed by atoms with Crippen LogP contribution in [0, 0.1) is 0 Å². The van der Waals surface area contributed by atoms with E-state index in [1.807, 2.05) is 0 Å². The Morgan fingerprint density at radius 2 is 0.600 bits per heavy atom. The van der Waals surface area contributed by atoms with E-state index in [0.717, 1.165) is 25.9 Å². The smallest absolute Gasteiger partial charge is 0.243 e. The molecule has 40 heavy (non-hydrogen) atoms. The van der Waals surface area contributed by atoms with Crippen molar-refractivity contribution in [3.05, 3.63) is 24.3 Å². The van der Waals surface area contributed by atoms with Crippen molar-refractivity contribution in [2.75, 3.05) is 13.1 Å². The Bertz CT molecular complexity index is 548. The number of unbranched alkanes of at least 4 members (excludes halogenated alkanes) is 24. The Kier molecular flexibility index (Phi) is 32.3. The summed E-state index contributed by atoms with van der Waals surface area (Å²) in [5.41, 5.74) is 0. The van der Waals surface area contributed by atoms with E-state index in [-0.39, 0.29) is 11.8 Å². The van der Waals surface area contributed by atoms with Crippen molar-refractivity contribution in [1.29, 1.82) is 0 Å². The molecule has 0 unspecified atom stereocenters. The van der Waals surface area contributed by atoms with Gasteiger partial charge in [-0.2, -0.15) is 0 Å². The van der Waals surface area contributed by atoms with Gasteiger partial charge >= 0.3 is 0 Å². The summed E-state index contributed by atoms with van der Waals surface area (Å²) in [7, 11) is 0. The summed E-state index contributed by atoms with van der Waals surface area (Å²) in [5.74, 6) is -0.174. The van der Waals surface area contributed by atoms with Crippen molar-refractivity contribution >= 4 is 11.8 Å². The summed E-state index contributed by atoms with van der Waals surface area (Å²) in [4.78, 5) is 23.8. The van der Waals surface area contributed by atoms with E-state index >= 15 is 0 Å². The molecule has 0 saturated carbocycles. The summed E-state index contributed by atoms with van der Waals surface area (Å²) in [6.07, 6.45) is 40.9. The average molecular weight is 561 g/mol. The van der Waals surface area contributed by atoms with Crippen LogP contribution in [0.15, 0.2) is 24.3 Å². The van der Waals surface area contributed by atoms with Crippen molar-refractivity contribution < 1.29 is 9.59 Å². The van der Waals surface area contributed by atoms with Crippen LogP contribution >= 0.6 is 0 Å². The van der Waals surface area contributed by atoms with Crippen molar-refractivity contribution in [2.45, 2.75) is 181 Å². The van der Waals surface area contributed by atoms with Crippen LogP contribution in [0.2, 0.25) is 0 Å². The van der Waals surface area contributed by atoms with Gasteiger partial charge in [0.15, 0.2) is 0 Å². The number of carbonyl (C=O) groups excluding carboxylic acids is 2. The van der Waals surface area contributed by atoms with Crippen LogP contribution in [0.3, 0.4) is 0 Å². The predicted octanol–water partition coefficient (Wildman–Crippen LogP) is 10.5. The molecule has 0 radical (unpaired) electrons. The summed E-state index contributed by atoms with van der Waals surface area (Å²) in [6.45, 7) is 6.00. The summed E-state index contributed by atoms with van der Waals surface area (Å²) < 4.78 is 0. The average Bonchev–Trinajstić information content (AvgIpc) is 2.95. The fraction of sp³-hybridized carbons (Fsp3) is 0.833. The van der Waals surface area contributed by atoms with Gasteiger partial charge in [0, 0.05) is 25.2 Å². The quantitative estimate of drug-likeness (QED) is 0.0503. The molecule has 4 nitrogen and oxygen atoms in total. The summed E-state index contributed by atoms with van der Waals surface area (Å²) in [6, 6.07) is 0. The van der Waals surface area contributed by atoms with Gasteiger partial charge in [-0.1, -0.05) is 180 Å². The zero-order valence-electron chi connectivity index (χ0n) is 26.9. The first-order chi connectivity index (χ1) is 19.7. The molecule has 0 fully saturated rings. The van der Waals surface area contributed by atoms with Gasteiger partial charge in [-0.15, -0.1) is 0 Å². The van der Waals surface area contributed by atoms with Crippen LogP contribution in [0.25, 0.3) is 0 Å². The Labute approximate surface area is 250 Å². The highest BCUT2D eigenvalue weighted by atomic mass is 16.2. The Morgan fingerprint density at radius 3 is 0.850 bits per heavy atom. The van der Waals surface area contributed by atoms with Crippen molar-refractivity contribution in [2.24, 2.45) is 0 Å². The Balaban J connectivity index is 3.42. The third-order valence-electron chi connectivity index (χ3n) is 7.77. The van der Waals surface area contributed by atoms with Crippen LogP contribution in [-0.2, 0) is 9.59 Å². The van der Waals surface area contributed by atoms with E-state index in [0.29, 0.717) is 0 Å². The SMILES string of the molecule is CCCCCCCCCCCCCCCNC(=O)/C=C/C=C/C(=O)NCCCCCCCCCCCCCCC. The molecule has 0 aromatic rings. The number of rotatable bonds is 31. The molecule has 0 heterocycles. The van der Waals surface area contributed by atoms with E-state index in [9.17, 15) is 9.59 Å². The molecular formula is C36H68N2O2. The zero-order chi connectivity index (χ0) is 29.2. The van der Waals surface area contributed by atoms with Crippen LogP contribution in [0.5, 0.6) is 0 Å². The van der Waals surface area contributed by atoms with Gasteiger partial charge in [-0.05, 0) is 12.8 Å². The van der Waals surface area contributed by atoms with Gasteiger partial charge in [-0.25, -0.2) is 0 Å². The molecule has 234 valence electrons. The highest BCUT2D eigenvalue weighted by molar-refractivity contribution is 5.89. The zero-order valence-corrected chi connectivity index (χ0v) is 26.9. The number of hydrogen-bond donors (Lipinski definition) is 2. The van der Waals surface area contributed by atoms with Gasteiger partial charge in [0.1, 0.15) is 0 Å². The molecular weight excluding hydrogens is 492 g/mol. The lowest BCUT2D eigenvalue weighted by Gasteiger charge is -2.04. The maximum Gasteiger partial charge on any atom is 0.243 e. The monoisotopic (exact) mass is 561 g/mol. The van der Waals surface area contributed by atoms with Gasteiger partial charge < -0.3 is 10.6 Å². The van der Waals surface area contributed by atoms with Crippen molar-refractivity contribution in [3.8, 4) is 0 Å². The topological polar surface area (TPSA) is 58.2 Å². The highest BCUT2D eigenvalue weighted by Crippen LogP contribution is 2.13. The maximum atomic E-state index is 11.9.